The summed E-state index contributed by atoms with van der Waals surface area (Å²) in [5, 5.41) is 5.37. The first-order valence-electron chi connectivity index (χ1n) is 9.99. The molecular formula is C21H27N5O4S. The maximum atomic E-state index is 12.8. The van der Waals surface area contributed by atoms with Crippen molar-refractivity contribution in [2.45, 2.75) is 32.7 Å². The van der Waals surface area contributed by atoms with E-state index in [1.165, 1.54) is 21.3 Å². The molecule has 1 saturated heterocycles. The van der Waals surface area contributed by atoms with Crippen molar-refractivity contribution in [2.24, 2.45) is 7.05 Å². The van der Waals surface area contributed by atoms with Crippen LogP contribution in [0.3, 0.4) is 0 Å². The molecule has 1 aromatic carbocycles. The van der Waals surface area contributed by atoms with Gasteiger partial charge in [0, 0.05) is 31.5 Å². The molecule has 1 aliphatic rings. The first kappa shape index (κ1) is 22.7. The number of hydrogen-bond donors (Lipinski definition) is 2. The van der Waals surface area contributed by atoms with Crippen molar-refractivity contribution in [3.05, 3.63) is 46.4 Å². The van der Waals surface area contributed by atoms with Crippen molar-refractivity contribution >= 4 is 35.3 Å². The molecule has 1 fully saturated rings. The fourth-order valence-corrected chi connectivity index (χ4v) is 4.20. The molecule has 2 heterocycles. The van der Waals surface area contributed by atoms with Crippen LogP contribution in [0.15, 0.2) is 35.1 Å². The molecular weight excluding hydrogens is 418 g/mol. The van der Waals surface area contributed by atoms with E-state index in [9.17, 15) is 19.2 Å². The third-order valence-electron chi connectivity index (χ3n) is 5.20. The molecule has 1 aliphatic heterocycles. The molecule has 2 N–H and O–H groups in total. The summed E-state index contributed by atoms with van der Waals surface area (Å²) < 4.78 is 3.22. The number of para-hydroxylation sites is 1. The standard InChI is InChI=1S/C21H27N5O4S/c1-14-17(18(28)26(24(14)4)15-8-6-5-7-9-15)22-16(27)10-12-31-13-11-25-19(29)21(2,3)23-20(25)30/h5-9H,10-13H2,1-4H3,(H,22,27)(H,23,30). The van der Waals surface area contributed by atoms with Gasteiger partial charge in [-0.05, 0) is 32.9 Å². The molecule has 0 atom stereocenters. The third-order valence-corrected chi connectivity index (χ3v) is 6.16. The minimum atomic E-state index is -0.873. The molecule has 3 rings (SSSR count). The average Bonchev–Trinajstić information content (AvgIpc) is 3.05. The smallest absolute Gasteiger partial charge is 0.324 e. The van der Waals surface area contributed by atoms with Gasteiger partial charge in [0.05, 0.1) is 11.4 Å². The second kappa shape index (κ2) is 9.01. The largest absolute Gasteiger partial charge is 0.325 e. The fraction of sp³-hybridized carbons (Fsp3) is 0.429. The van der Waals surface area contributed by atoms with Gasteiger partial charge in [0.15, 0.2) is 0 Å². The van der Waals surface area contributed by atoms with Gasteiger partial charge in [-0.25, -0.2) is 9.48 Å². The van der Waals surface area contributed by atoms with Crippen LogP contribution in [0.2, 0.25) is 0 Å². The number of nitrogens with zero attached hydrogens (tertiary/aromatic N) is 3. The van der Waals surface area contributed by atoms with Crippen LogP contribution in [0, 0.1) is 6.92 Å². The lowest BCUT2D eigenvalue weighted by Crippen LogP contribution is -2.40. The quantitative estimate of drug-likeness (QED) is 0.477. The highest BCUT2D eigenvalue weighted by molar-refractivity contribution is 7.99. The SMILES string of the molecule is Cc1c(NC(=O)CCSCCN2C(=O)NC(C)(C)C2=O)c(=O)n(-c2ccccc2)n1C. The topological polar surface area (TPSA) is 105 Å². The third kappa shape index (κ3) is 4.68. The molecule has 0 spiro atoms. The van der Waals surface area contributed by atoms with Crippen LogP contribution in [-0.2, 0) is 16.6 Å². The summed E-state index contributed by atoms with van der Waals surface area (Å²) in [6, 6.07) is 8.84. The minimum absolute atomic E-state index is 0.218. The van der Waals surface area contributed by atoms with Crippen LogP contribution in [-0.4, -0.2) is 55.7 Å². The number of urea groups is 1. The molecule has 4 amide bonds. The molecule has 31 heavy (non-hydrogen) atoms. The number of rotatable bonds is 8. The van der Waals surface area contributed by atoms with E-state index in [1.807, 2.05) is 30.3 Å². The van der Waals surface area contributed by atoms with E-state index in [4.69, 9.17) is 0 Å². The molecule has 166 valence electrons. The van der Waals surface area contributed by atoms with Crippen molar-refractivity contribution in [3.63, 3.8) is 0 Å². The predicted molar refractivity (Wildman–Crippen MR) is 121 cm³/mol. The number of nitrogens with one attached hydrogen (secondary N) is 2. The average molecular weight is 446 g/mol. The Hall–Kier alpha value is -3.01. The number of benzene rings is 1. The molecule has 0 saturated carbocycles. The summed E-state index contributed by atoms with van der Waals surface area (Å²) in [6.45, 7) is 5.41. The van der Waals surface area contributed by atoms with Crippen LogP contribution < -0.4 is 16.2 Å². The monoisotopic (exact) mass is 445 g/mol. The Morgan fingerprint density at radius 2 is 1.81 bits per heavy atom. The van der Waals surface area contributed by atoms with Gasteiger partial charge in [0.25, 0.3) is 11.5 Å². The van der Waals surface area contributed by atoms with E-state index < -0.39 is 5.54 Å². The highest BCUT2D eigenvalue weighted by Gasteiger charge is 2.43. The Labute approximate surface area is 184 Å². The lowest BCUT2D eigenvalue weighted by atomic mass is 10.1. The number of carbonyl (C=O) groups excluding carboxylic acids is 3. The number of hydrogen-bond acceptors (Lipinski definition) is 5. The Balaban J connectivity index is 1.51. The van der Waals surface area contributed by atoms with E-state index >= 15 is 0 Å². The number of aromatic nitrogens is 2. The van der Waals surface area contributed by atoms with Crippen LogP contribution in [0.4, 0.5) is 10.5 Å². The number of imide groups is 1. The fourth-order valence-electron chi connectivity index (χ4n) is 3.36. The van der Waals surface area contributed by atoms with Crippen LogP contribution in [0.1, 0.15) is 26.0 Å². The maximum Gasteiger partial charge on any atom is 0.325 e. The van der Waals surface area contributed by atoms with Crippen molar-refractivity contribution in [1.82, 2.24) is 19.6 Å². The highest BCUT2D eigenvalue weighted by Crippen LogP contribution is 2.18. The molecule has 2 aromatic rings. The predicted octanol–water partition coefficient (Wildman–Crippen LogP) is 1.88. The summed E-state index contributed by atoms with van der Waals surface area (Å²) >= 11 is 1.47. The lowest BCUT2D eigenvalue weighted by Gasteiger charge is -2.15. The van der Waals surface area contributed by atoms with Crippen molar-refractivity contribution in [1.29, 1.82) is 0 Å². The van der Waals surface area contributed by atoms with Gasteiger partial charge in [-0.15, -0.1) is 0 Å². The van der Waals surface area contributed by atoms with Gasteiger partial charge >= 0.3 is 6.03 Å². The van der Waals surface area contributed by atoms with E-state index in [0.29, 0.717) is 23.7 Å². The van der Waals surface area contributed by atoms with Gasteiger partial charge in [-0.2, -0.15) is 11.8 Å². The van der Waals surface area contributed by atoms with Crippen LogP contribution in [0.25, 0.3) is 5.69 Å². The van der Waals surface area contributed by atoms with Gasteiger partial charge in [0.1, 0.15) is 11.2 Å². The van der Waals surface area contributed by atoms with Crippen LogP contribution in [0.5, 0.6) is 0 Å². The second-order valence-electron chi connectivity index (χ2n) is 7.86. The maximum absolute atomic E-state index is 12.8. The molecule has 0 aliphatic carbocycles. The van der Waals surface area contributed by atoms with Gasteiger partial charge in [-0.3, -0.25) is 24.0 Å². The normalized spacial score (nSPS) is 15.3. The number of carbonyl (C=O) groups is 3. The summed E-state index contributed by atoms with van der Waals surface area (Å²) in [6.07, 6.45) is 0.218. The molecule has 0 bridgehead atoms. The Kier molecular flexibility index (Phi) is 6.59. The highest BCUT2D eigenvalue weighted by atomic mass is 32.2. The van der Waals surface area contributed by atoms with Crippen molar-refractivity contribution in [2.75, 3.05) is 23.4 Å². The number of amides is 4. The van der Waals surface area contributed by atoms with E-state index in [-0.39, 0.29) is 35.5 Å². The molecule has 0 radical (unpaired) electrons. The van der Waals surface area contributed by atoms with E-state index in [0.717, 1.165) is 5.69 Å². The van der Waals surface area contributed by atoms with E-state index in [1.54, 1.807) is 32.5 Å². The van der Waals surface area contributed by atoms with Crippen molar-refractivity contribution < 1.29 is 14.4 Å². The zero-order valence-corrected chi connectivity index (χ0v) is 18.9. The summed E-state index contributed by atoms with van der Waals surface area (Å²) in [5.74, 6) is 0.547. The molecule has 10 heteroatoms. The number of anilines is 1. The molecule has 0 unspecified atom stereocenters. The van der Waals surface area contributed by atoms with Gasteiger partial charge in [-0.1, -0.05) is 18.2 Å². The zero-order valence-electron chi connectivity index (χ0n) is 18.1. The molecule has 9 nitrogen and oxygen atoms in total. The van der Waals surface area contributed by atoms with Crippen molar-refractivity contribution in [3.8, 4) is 5.69 Å². The summed E-state index contributed by atoms with van der Waals surface area (Å²) in [4.78, 5) is 50.4. The zero-order chi connectivity index (χ0) is 22.8. The summed E-state index contributed by atoms with van der Waals surface area (Å²) in [5.41, 5.74) is 0.493. The first-order chi connectivity index (χ1) is 14.6. The Bertz CT molecular complexity index is 1060. The summed E-state index contributed by atoms with van der Waals surface area (Å²) in [7, 11) is 1.77. The lowest BCUT2D eigenvalue weighted by molar-refractivity contribution is -0.130. The molecule has 1 aromatic heterocycles. The van der Waals surface area contributed by atoms with Gasteiger partial charge in [0.2, 0.25) is 5.91 Å². The van der Waals surface area contributed by atoms with Crippen LogP contribution >= 0.6 is 11.8 Å². The second-order valence-corrected chi connectivity index (χ2v) is 9.08. The van der Waals surface area contributed by atoms with Gasteiger partial charge < -0.3 is 10.6 Å². The Morgan fingerprint density at radius 3 is 2.42 bits per heavy atom. The van der Waals surface area contributed by atoms with E-state index in [2.05, 4.69) is 10.6 Å². The first-order valence-corrected chi connectivity index (χ1v) is 11.1. The Morgan fingerprint density at radius 1 is 1.13 bits per heavy atom. The minimum Gasteiger partial charge on any atom is -0.324 e. The number of thioether (sulfide) groups is 1.